The lowest BCUT2D eigenvalue weighted by Crippen LogP contribution is -2.28. The van der Waals surface area contributed by atoms with Crippen LogP contribution in [0.15, 0.2) is 17.0 Å². The van der Waals surface area contributed by atoms with E-state index in [4.69, 9.17) is 0 Å². The fourth-order valence-corrected chi connectivity index (χ4v) is 3.41. The lowest BCUT2D eigenvalue weighted by Gasteiger charge is -2.08. The summed E-state index contributed by atoms with van der Waals surface area (Å²) in [5.74, 6) is -0.521. The van der Waals surface area contributed by atoms with Crippen LogP contribution in [0.3, 0.4) is 0 Å². The molecule has 1 aromatic carbocycles. The molecule has 0 bridgehead atoms. The molecule has 10 heteroatoms. The largest absolute Gasteiger partial charge is 0.306 e. The number of nitro groups is 1. The molecule has 1 rings (SSSR count). The molecular weight excluding hydrogens is 323 g/mol. The van der Waals surface area contributed by atoms with Gasteiger partial charge in [0.1, 0.15) is 0 Å². The van der Waals surface area contributed by atoms with Gasteiger partial charge in [-0.15, -0.1) is 0 Å². The van der Waals surface area contributed by atoms with Gasteiger partial charge in [-0.1, -0.05) is 6.92 Å². The molecule has 1 aromatic rings. The smallest absolute Gasteiger partial charge is 0.260 e. The van der Waals surface area contributed by atoms with E-state index in [9.17, 15) is 27.1 Å². The van der Waals surface area contributed by atoms with E-state index in [1.54, 1.807) is 6.92 Å². The molecule has 21 heavy (non-hydrogen) atoms. The molecular formula is C11H15FN2O5S2. The van der Waals surface area contributed by atoms with Crippen LogP contribution in [0.5, 0.6) is 0 Å². The van der Waals surface area contributed by atoms with Crippen molar-refractivity contribution in [2.75, 3.05) is 18.1 Å². The summed E-state index contributed by atoms with van der Waals surface area (Å²) < 4.78 is 50.9. The van der Waals surface area contributed by atoms with Crippen molar-refractivity contribution in [3.63, 3.8) is 0 Å². The van der Waals surface area contributed by atoms with Crippen LogP contribution in [0.25, 0.3) is 0 Å². The number of hydrogen-bond acceptors (Lipinski definition) is 5. The Morgan fingerprint density at radius 1 is 1.43 bits per heavy atom. The molecule has 0 amide bonds. The van der Waals surface area contributed by atoms with E-state index in [2.05, 4.69) is 4.72 Å². The molecule has 1 atom stereocenters. The molecule has 7 nitrogen and oxygen atoms in total. The Kier molecular flexibility index (Phi) is 5.93. The second-order valence-corrected chi connectivity index (χ2v) is 7.79. The molecule has 1 N–H and O–H groups in total. The number of sulfonamides is 1. The molecule has 0 aliphatic rings. The van der Waals surface area contributed by atoms with Gasteiger partial charge in [-0.2, -0.15) is 4.39 Å². The van der Waals surface area contributed by atoms with Crippen molar-refractivity contribution in [2.45, 2.75) is 18.7 Å². The Bertz CT molecular complexity index is 675. The monoisotopic (exact) mass is 338 g/mol. The van der Waals surface area contributed by atoms with Crippen LogP contribution < -0.4 is 4.72 Å². The van der Waals surface area contributed by atoms with E-state index in [0.717, 1.165) is 6.07 Å². The summed E-state index contributed by atoms with van der Waals surface area (Å²) >= 11 is 0. The highest BCUT2D eigenvalue weighted by Gasteiger charge is 2.23. The van der Waals surface area contributed by atoms with Crippen molar-refractivity contribution in [1.29, 1.82) is 0 Å². The maximum atomic E-state index is 13.5. The fraction of sp³-hybridized carbons (Fsp3) is 0.455. The van der Waals surface area contributed by atoms with Gasteiger partial charge in [0.25, 0.3) is 0 Å². The fourth-order valence-electron chi connectivity index (χ4n) is 1.52. The van der Waals surface area contributed by atoms with Gasteiger partial charge in [-0.25, -0.2) is 13.1 Å². The van der Waals surface area contributed by atoms with Crippen molar-refractivity contribution >= 4 is 26.5 Å². The molecule has 0 saturated heterocycles. The molecule has 0 heterocycles. The molecule has 0 radical (unpaired) electrons. The lowest BCUT2D eigenvalue weighted by molar-refractivity contribution is -0.387. The first-order chi connectivity index (χ1) is 9.69. The summed E-state index contributed by atoms with van der Waals surface area (Å²) in [5.41, 5.74) is -1.03. The van der Waals surface area contributed by atoms with Crippen molar-refractivity contribution in [3.05, 3.63) is 33.6 Å². The van der Waals surface area contributed by atoms with Crippen LogP contribution in [0.4, 0.5) is 10.1 Å². The normalized spacial score (nSPS) is 13.1. The third kappa shape index (κ3) is 4.55. The molecule has 118 valence electrons. The van der Waals surface area contributed by atoms with E-state index in [0.29, 0.717) is 11.8 Å². The third-order valence-corrected chi connectivity index (χ3v) is 5.40. The van der Waals surface area contributed by atoms with Crippen LogP contribution in [0.2, 0.25) is 0 Å². The molecule has 0 aromatic heterocycles. The first-order valence-corrected chi connectivity index (χ1v) is 8.95. The Balaban J connectivity index is 3.04. The molecule has 0 saturated carbocycles. The van der Waals surface area contributed by atoms with Crippen LogP contribution in [-0.4, -0.2) is 35.6 Å². The first kappa shape index (κ1) is 17.7. The van der Waals surface area contributed by atoms with E-state index < -0.39 is 42.1 Å². The summed E-state index contributed by atoms with van der Waals surface area (Å²) in [6.45, 7) is 2.89. The van der Waals surface area contributed by atoms with E-state index >= 15 is 0 Å². The van der Waals surface area contributed by atoms with Gasteiger partial charge in [0, 0.05) is 34.9 Å². The first-order valence-electron chi connectivity index (χ1n) is 5.98. The lowest BCUT2D eigenvalue weighted by atomic mass is 10.2. The number of nitrogens with zero attached hydrogens (tertiary/aromatic N) is 1. The predicted octanol–water partition coefficient (Wildman–Crippen LogP) is 1.09. The Hall–Kier alpha value is -1.39. The quantitative estimate of drug-likeness (QED) is 0.591. The summed E-state index contributed by atoms with van der Waals surface area (Å²) in [5, 5.41) is 10.7. The van der Waals surface area contributed by atoms with Crippen LogP contribution in [-0.2, 0) is 20.8 Å². The standard InChI is InChI=1S/C11H15FN2O5S2/c1-3-20(17)5-4-13-21(18,19)9-6-8(2)11(12)10(7-9)14(15)16/h6-7,13H,3-5H2,1-2H3. The van der Waals surface area contributed by atoms with Crippen LogP contribution in [0.1, 0.15) is 12.5 Å². The molecule has 1 unspecified atom stereocenters. The number of halogens is 1. The van der Waals surface area contributed by atoms with Crippen molar-refractivity contribution < 1.29 is 21.9 Å². The van der Waals surface area contributed by atoms with Crippen molar-refractivity contribution in [2.24, 2.45) is 0 Å². The molecule has 0 fully saturated rings. The Labute approximate surface area is 124 Å². The highest BCUT2D eigenvalue weighted by Crippen LogP contribution is 2.24. The predicted molar refractivity (Wildman–Crippen MR) is 76.5 cm³/mol. The van der Waals surface area contributed by atoms with Gasteiger partial charge in [0.2, 0.25) is 15.8 Å². The topological polar surface area (TPSA) is 106 Å². The van der Waals surface area contributed by atoms with Gasteiger partial charge in [0.15, 0.2) is 0 Å². The average molecular weight is 338 g/mol. The second kappa shape index (κ2) is 7.05. The zero-order valence-electron chi connectivity index (χ0n) is 11.5. The highest BCUT2D eigenvalue weighted by molar-refractivity contribution is 7.89. The van der Waals surface area contributed by atoms with Crippen molar-refractivity contribution in [1.82, 2.24) is 4.72 Å². The van der Waals surface area contributed by atoms with Crippen LogP contribution >= 0.6 is 0 Å². The Morgan fingerprint density at radius 2 is 2.05 bits per heavy atom. The summed E-state index contributed by atoms with van der Waals surface area (Å²) in [4.78, 5) is 9.33. The summed E-state index contributed by atoms with van der Waals surface area (Å²) in [6.07, 6.45) is 0. The van der Waals surface area contributed by atoms with Gasteiger partial charge in [0.05, 0.1) is 9.82 Å². The minimum absolute atomic E-state index is 0.0625. The maximum absolute atomic E-state index is 13.5. The third-order valence-electron chi connectivity index (χ3n) is 2.66. The average Bonchev–Trinajstić information content (AvgIpc) is 2.40. The van der Waals surface area contributed by atoms with Gasteiger partial charge >= 0.3 is 5.69 Å². The number of nitrogens with one attached hydrogen (secondary N) is 1. The molecule has 0 spiro atoms. The van der Waals surface area contributed by atoms with Gasteiger partial charge in [-0.05, 0) is 18.6 Å². The minimum atomic E-state index is -4.02. The van der Waals surface area contributed by atoms with E-state index in [-0.39, 0.29) is 17.9 Å². The zero-order valence-corrected chi connectivity index (χ0v) is 13.1. The van der Waals surface area contributed by atoms with Gasteiger partial charge < -0.3 is 0 Å². The second-order valence-electron chi connectivity index (χ2n) is 4.16. The minimum Gasteiger partial charge on any atom is -0.260 e. The number of benzene rings is 1. The van der Waals surface area contributed by atoms with Crippen molar-refractivity contribution in [3.8, 4) is 0 Å². The number of hydrogen-bond donors (Lipinski definition) is 1. The molecule has 0 aliphatic heterocycles. The summed E-state index contributed by atoms with van der Waals surface area (Å²) in [7, 11) is -5.15. The molecule has 0 aliphatic carbocycles. The van der Waals surface area contributed by atoms with E-state index in [1.807, 2.05) is 0 Å². The number of nitro benzene ring substituents is 1. The van der Waals surface area contributed by atoms with Gasteiger partial charge in [-0.3, -0.25) is 14.3 Å². The van der Waals surface area contributed by atoms with Crippen LogP contribution in [0, 0.1) is 22.9 Å². The highest BCUT2D eigenvalue weighted by atomic mass is 32.2. The maximum Gasteiger partial charge on any atom is 0.306 e. The van der Waals surface area contributed by atoms with E-state index in [1.165, 1.54) is 6.92 Å². The number of rotatable bonds is 7. The Morgan fingerprint density at radius 3 is 2.57 bits per heavy atom. The SMILES string of the molecule is CCS(=O)CCNS(=O)(=O)c1cc(C)c(F)c([N+](=O)[O-])c1. The zero-order chi connectivity index (χ0) is 16.2. The summed E-state index contributed by atoms with van der Waals surface area (Å²) in [6, 6.07) is 1.68. The number of aryl methyl sites for hydroxylation is 1.